The molecule has 0 saturated carbocycles. The highest BCUT2D eigenvalue weighted by Crippen LogP contribution is 2.48. The van der Waals surface area contributed by atoms with Crippen molar-refractivity contribution < 1.29 is 23.8 Å². The lowest BCUT2D eigenvalue weighted by Crippen LogP contribution is -2.38. The van der Waals surface area contributed by atoms with Crippen molar-refractivity contribution in [3.05, 3.63) is 81.7 Å². The maximum Gasteiger partial charge on any atom is 0.336 e. The molecule has 0 aromatic heterocycles. The van der Waals surface area contributed by atoms with Gasteiger partial charge in [0.25, 0.3) is 0 Å². The maximum absolute atomic E-state index is 13.4. The van der Waals surface area contributed by atoms with E-state index in [1.165, 1.54) is 5.56 Å². The summed E-state index contributed by atoms with van der Waals surface area (Å²) >= 11 is 0. The molecule has 36 heavy (non-hydrogen) atoms. The number of esters is 1. The Labute approximate surface area is 213 Å². The number of aryl methyl sites for hydroxylation is 1. The van der Waals surface area contributed by atoms with Gasteiger partial charge < -0.3 is 19.5 Å². The molecule has 0 radical (unpaired) electrons. The molecule has 6 nitrogen and oxygen atoms in total. The van der Waals surface area contributed by atoms with Gasteiger partial charge >= 0.3 is 5.97 Å². The van der Waals surface area contributed by atoms with Crippen LogP contribution in [0.25, 0.3) is 0 Å². The third-order valence-corrected chi connectivity index (χ3v) is 6.77. The fourth-order valence-corrected chi connectivity index (χ4v) is 5.08. The lowest BCUT2D eigenvalue weighted by atomic mass is 9.68. The summed E-state index contributed by atoms with van der Waals surface area (Å²) in [6.07, 6.45) is 1.15. The van der Waals surface area contributed by atoms with Gasteiger partial charge in [-0.2, -0.15) is 0 Å². The number of allylic oxidation sites excluding steroid dienone is 3. The van der Waals surface area contributed by atoms with E-state index in [-0.39, 0.29) is 17.8 Å². The number of Topliss-reactive ketones (excluding diaryl/α,β-unsaturated/α-hetero) is 1. The summed E-state index contributed by atoms with van der Waals surface area (Å²) < 4.78 is 17.2. The van der Waals surface area contributed by atoms with Crippen LogP contribution in [-0.2, 0) is 20.9 Å². The number of carbonyl (C=O) groups excluding carboxylic acids is 2. The minimum Gasteiger partial charge on any atom is -0.493 e. The number of rotatable bonds is 7. The molecule has 0 amide bonds. The van der Waals surface area contributed by atoms with Crippen LogP contribution in [0.1, 0.15) is 63.1 Å². The highest BCUT2D eigenvalue weighted by Gasteiger charge is 2.43. The highest BCUT2D eigenvalue weighted by molar-refractivity contribution is 6.04. The zero-order chi connectivity index (χ0) is 26.0. The molecule has 1 atom stereocenters. The fourth-order valence-electron chi connectivity index (χ4n) is 5.08. The van der Waals surface area contributed by atoms with E-state index in [9.17, 15) is 9.59 Å². The summed E-state index contributed by atoms with van der Waals surface area (Å²) in [5.74, 6) is 0.232. The first-order valence-electron chi connectivity index (χ1n) is 12.4. The van der Waals surface area contributed by atoms with E-state index >= 15 is 0 Å². The van der Waals surface area contributed by atoms with E-state index in [2.05, 4.69) is 31.3 Å². The number of carbonyl (C=O) groups is 2. The molecule has 1 aliphatic heterocycles. The second kappa shape index (κ2) is 10.2. The molecule has 1 aliphatic carbocycles. The smallest absolute Gasteiger partial charge is 0.336 e. The van der Waals surface area contributed by atoms with Crippen molar-refractivity contribution >= 4 is 11.8 Å². The Morgan fingerprint density at radius 3 is 2.44 bits per heavy atom. The Hall–Kier alpha value is -3.54. The van der Waals surface area contributed by atoms with Crippen LogP contribution in [0.5, 0.6) is 11.5 Å². The van der Waals surface area contributed by atoms with Gasteiger partial charge in [0.2, 0.25) is 0 Å². The SMILES string of the molecule is CCOC(=O)C1=C(C)NC2=C(C(=O)CC(C)(C)C2)[C@@H]1c1ccc(OCc2ccc(C)cc2)c(OC)c1. The molecular weight excluding hydrogens is 454 g/mol. The normalized spacial score (nSPS) is 18.9. The van der Waals surface area contributed by atoms with Crippen LogP contribution in [0, 0.1) is 12.3 Å². The number of nitrogens with one attached hydrogen (secondary N) is 1. The zero-order valence-electron chi connectivity index (χ0n) is 22.0. The molecule has 6 heteroatoms. The Morgan fingerprint density at radius 1 is 1.06 bits per heavy atom. The van der Waals surface area contributed by atoms with Gasteiger partial charge in [-0.25, -0.2) is 4.79 Å². The van der Waals surface area contributed by atoms with Crippen molar-refractivity contribution in [2.24, 2.45) is 5.41 Å². The molecule has 0 saturated heterocycles. The van der Waals surface area contributed by atoms with Crippen LogP contribution in [0.3, 0.4) is 0 Å². The largest absolute Gasteiger partial charge is 0.493 e. The van der Waals surface area contributed by atoms with Crippen molar-refractivity contribution in [3.8, 4) is 11.5 Å². The van der Waals surface area contributed by atoms with Gasteiger partial charge in [0, 0.05) is 29.3 Å². The number of ketones is 1. The number of hydrogen-bond donors (Lipinski definition) is 1. The predicted molar refractivity (Wildman–Crippen MR) is 139 cm³/mol. The Morgan fingerprint density at radius 2 is 1.78 bits per heavy atom. The van der Waals surface area contributed by atoms with E-state index in [0.29, 0.717) is 41.4 Å². The first-order valence-corrected chi connectivity index (χ1v) is 12.4. The molecular formula is C30H35NO5. The van der Waals surface area contributed by atoms with Crippen molar-refractivity contribution in [2.45, 2.75) is 60.0 Å². The van der Waals surface area contributed by atoms with E-state index < -0.39 is 11.9 Å². The van der Waals surface area contributed by atoms with Crippen LogP contribution in [0.2, 0.25) is 0 Å². The Kier molecular flexibility index (Phi) is 7.25. The molecule has 2 aromatic carbocycles. The number of benzene rings is 2. The lowest BCUT2D eigenvalue weighted by Gasteiger charge is -2.39. The monoisotopic (exact) mass is 489 g/mol. The van der Waals surface area contributed by atoms with Gasteiger partial charge in [-0.1, -0.05) is 49.7 Å². The number of methoxy groups -OCH3 is 1. The average molecular weight is 490 g/mol. The first kappa shape index (κ1) is 25.5. The second-order valence-corrected chi connectivity index (χ2v) is 10.3. The summed E-state index contributed by atoms with van der Waals surface area (Å²) in [6, 6.07) is 13.8. The number of ether oxygens (including phenoxy) is 3. The van der Waals surface area contributed by atoms with E-state index in [0.717, 1.165) is 23.2 Å². The summed E-state index contributed by atoms with van der Waals surface area (Å²) in [6.45, 7) is 10.5. The van der Waals surface area contributed by atoms with Crippen molar-refractivity contribution in [1.29, 1.82) is 0 Å². The van der Waals surface area contributed by atoms with Crippen molar-refractivity contribution in [1.82, 2.24) is 5.32 Å². The van der Waals surface area contributed by atoms with Crippen LogP contribution in [0.4, 0.5) is 0 Å². The molecule has 1 heterocycles. The molecule has 2 aromatic rings. The Balaban J connectivity index is 1.73. The third kappa shape index (κ3) is 5.18. The van der Waals surface area contributed by atoms with Gasteiger partial charge in [-0.05, 0) is 55.9 Å². The molecule has 2 aliphatic rings. The molecule has 0 fully saturated rings. The van der Waals surface area contributed by atoms with Crippen molar-refractivity contribution in [3.63, 3.8) is 0 Å². The van der Waals surface area contributed by atoms with Gasteiger partial charge in [0.1, 0.15) is 6.61 Å². The highest BCUT2D eigenvalue weighted by atomic mass is 16.5. The van der Waals surface area contributed by atoms with E-state index in [4.69, 9.17) is 14.2 Å². The lowest BCUT2D eigenvalue weighted by molar-refractivity contribution is -0.138. The predicted octanol–water partition coefficient (Wildman–Crippen LogP) is 5.75. The maximum atomic E-state index is 13.4. The summed E-state index contributed by atoms with van der Waals surface area (Å²) in [7, 11) is 1.59. The molecule has 0 bridgehead atoms. The van der Waals surface area contributed by atoms with Gasteiger partial charge in [0.05, 0.1) is 19.3 Å². The van der Waals surface area contributed by atoms with E-state index in [1.807, 2.05) is 44.2 Å². The molecule has 190 valence electrons. The Bertz CT molecular complexity index is 1240. The topological polar surface area (TPSA) is 73.9 Å². The summed E-state index contributed by atoms with van der Waals surface area (Å²) in [5, 5.41) is 3.36. The second-order valence-electron chi connectivity index (χ2n) is 10.3. The standard InChI is InChI=1S/C30H35NO5/c1-7-35-29(33)26-19(3)31-22-15-30(4,5)16-23(32)28(22)27(26)21-12-13-24(25(14-21)34-6)36-17-20-10-8-18(2)9-11-20/h8-14,27,31H,7,15-17H2,1-6H3/t27-/m1/s1. The first-order chi connectivity index (χ1) is 17.1. The average Bonchev–Trinajstić information content (AvgIpc) is 2.82. The van der Waals surface area contributed by atoms with Gasteiger partial charge in [-0.3, -0.25) is 4.79 Å². The minimum atomic E-state index is -0.538. The number of dihydropyridines is 1. The number of hydrogen-bond acceptors (Lipinski definition) is 6. The van der Waals surface area contributed by atoms with Gasteiger partial charge in [0.15, 0.2) is 17.3 Å². The molecule has 1 N–H and O–H groups in total. The molecule has 0 unspecified atom stereocenters. The van der Waals surface area contributed by atoms with Crippen molar-refractivity contribution in [2.75, 3.05) is 13.7 Å². The fraction of sp³-hybridized carbons (Fsp3) is 0.400. The quantitative estimate of drug-likeness (QED) is 0.499. The zero-order valence-corrected chi connectivity index (χ0v) is 22.0. The molecule has 0 spiro atoms. The van der Waals surface area contributed by atoms with Crippen LogP contribution >= 0.6 is 0 Å². The van der Waals surface area contributed by atoms with Crippen LogP contribution in [-0.4, -0.2) is 25.5 Å². The van der Waals surface area contributed by atoms with Crippen LogP contribution in [0.15, 0.2) is 65.0 Å². The summed E-state index contributed by atoms with van der Waals surface area (Å²) in [4.78, 5) is 26.5. The van der Waals surface area contributed by atoms with Gasteiger partial charge in [-0.15, -0.1) is 0 Å². The third-order valence-electron chi connectivity index (χ3n) is 6.77. The minimum absolute atomic E-state index is 0.0479. The summed E-state index contributed by atoms with van der Waals surface area (Å²) in [5.41, 5.74) is 5.57. The van der Waals surface area contributed by atoms with Crippen LogP contribution < -0.4 is 14.8 Å². The van der Waals surface area contributed by atoms with E-state index in [1.54, 1.807) is 14.0 Å². The molecule has 4 rings (SSSR count).